The van der Waals surface area contributed by atoms with Gasteiger partial charge in [-0.2, -0.15) is 0 Å². The molecular weight excluding hydrogens is 437 g/mol. The lowest BCUT2D eigenvalue weighted by Crippen LogP contribution is -2.36. The van der Waals surface area contributed by atoms with Gasteiger partial charge < -0.3 is 14.5 Å². The van der Waals surface area contributed by atoms with Crippen LogP contribution in [0.5, 0.6) is 5.75 Å². The molecule has 3 aromatic heterocycles. The average molecular weight is 458 g/mol. The maximum absolute atomic E-state index is 14.0. The minimum Gasteiger partial charge on any atom is -0.490 e. The van der Waals surface area contributed by atoms with E-state index in [0.717, 1.165) is 10.8 Å². The number of methoxy groups -OCH3 is 1. The van der Waals surface area contributed by atoms with Gasteiger partial charge in [-0.3, -0.25) is 9.36 Å². The largest absolute Gasteiger partial charge is 0.490 e. The Kier molecular flexibility index (Phi) is 4.84. The van der Waals surface area contributed by atoms with E-state index in [1.54, 1.807) is 25.1 Å². The minimum absolute atomic E-state index is 0.115. The fourth-order valence-corrected chi connectivity index (χ4v) is 4.26. The van der Waals surface area contributed by atoms with Crippen LogP contribution in [0.3, 0.4) is 0 Å². The molecule has 33 heavy (non-hydrogen) atoms. The van der Waals surface area contributed by atoms with Gasteiger partial charge in [0.15, 0.2) is 5.82 Å². The molecule has 1 fully saturated rings. The number of anilines is 1. The van der Waals surface area contributed by atoms with Gasteiger partial charge in [0.1, 0.15) is 34.5 Å². The summed E-state index contributed by atoms with van der Waals surface area (Å²) in [4.78, 5) is 21.8. The molecule has 1 atom stereocenters. The summed E-state index contributed by atoms with van der Waals surface area (Å²) in [6.45, 7) is 3.50. The Bertz CT molecular complexity index is 1440. The minimum atomic E-state index is -2.70. The average Bonchev–Trinajstić information content (AvgIpc) is 3.51. The number of ether oxygens (including phenoxy) is 1. The summed E-state index contributed by atoms with van der Waals surface area (Å²) in [6.07, 6.45) is 0.106. The maximum atomic E-state index is 14.0. The zero-order valence-electron chi connectivity index (χ0n) is 18.2. The van der Waals surface area contributed by atoms with Crippen molar-refractivity contribution in [3.05, 3.63) is 58.2 Å². The van der Waals surface area contributed by atoms with Crippen LogP contribution in [0.2, 0.25) is 0 Å². The second kappa shape index (κ2) is 7.50. The molecule has 5 rings (SSSR count). The third-order valence-electron chi connectivity index (χ3n) is 6.20. The number of hydrogen-bond donors (Lipinski definition) is 1. The molecule has 4 aromatic rings. The van der Waals surface area contributed by atoms with Gasteiger partial charge in [0, 0.05) is 11.8 Å². The van der Waals surface area contributed by atoms with Crippen LogP contribution in [0.1, 0.15) is 37.2 Å². The van der Waals surface area contributed by atoms with Crippen molar-refractivity contribution in [2.75, 3.05) is 12.4 Å². The molecule has 0 saturated heterocycles. The zero-order chi connectivity index (χ0) is 23.5. The Morgan fingerprint density at radius 3 is 2.67 bits per heavy atom. The van der Waals surface area contributed by atoms with Gasteiger partial charge in [-0.1, -0.05) is 12.1 Å². The van der Waals surface area contributed by atoms with Crippen LogP contribution in [-0.4, -0.2) is 28.1 Å². The molecule has 1 aliphatic carbocycles. The summed E-state index contributed by atoms with van der Waals surface area (Å²) in [5.41, 5.74) is -0.894. The van der Waals surface area contributed by atoms with Gasteiger partial charge in [0.25, 0.3) is 12.0 Å². The van der Waals surface area contributed by atoms with Crippen molar-refractivity contribution in [3.8, 4) is 5.75 Å². The summed E-state index contributed by atoms with van der Waals surface area (Å²) in [6, 6.07) is 4.74. The van der Waals surface area contributed by atoms with E-state index in [1.807, 2.05) is 6.92 Å². The third-order valence-corrected chi connectivity index (χ3v) is 6.20. The molecule has 0 bridgehead atoms. The third kappa shape index (κ3) is 3.23. The number of alkyl halides is 2. The van der Waals surface area contributed by atoms with E-state index in [9.17, 15) is 18.0 Å². The molecule has 10 heteroatoms. The van der Waals surface area contributed by atoms with Crippen molar-refractivity contribution in [1.82, 2.24) is 14.5 Å². The lowest BCUT2D eigenvalue weighted by atomic mass is 10.1. The number of hydrogen-bond acceptors (Lipinski definition) is 6. The SMILES string of the molecule is COc1c(=O)n(C2(C(F)F)CC2)cc2c(N[C@H](C)c3cccc4c(F)coc34)nc(C)nc12. The summed E-state index contributed by atoms with van der Waals surface area (Å²) < 4.78 is 53.4. The number of pyridine rings is 1. The smallest absolute Gasteiger partial charge is 0.295 e. The van der Waals surface area contributed by atoms with Crippen molar-refractivity contribution in [2.24, 2.45) is 0 Å². The number of aromatic nitrogens is 3. The van der Waals surface area contributed by atoms with Crippen LogP contribution >= 0.6 is 0 Å². The molecule has 0 amide bonds. The summed E-state index contributed by atoms with van der Waals surface area (Å²) in [5, 5.41) is 3.97. The van der Waals surface area contributed by atoms with E-state index in [2.05, 4.69) is 15.3 Å². The Hall–Kier alpha value is -3.56. The lowest BCUT2D eigenvalue weighted by Gasteiger charge is -2.22. The van der Waals surface area contributed by atoms with Crippen LogP contribution in [0.4, 0.5) is 19.0 Å². The van der Waals surface area contributed by atoms with E-state index in [1.165, 1.54) is 13.3 Å². The molecule has 1 aromatic carbocycles. The number of nitrogens with zero attached hydrogens (tertiary/aromatic N) is 3. The van der Waals surface area contributed by atoms with E-state index in [-0.39, 0.29) is 24.1 Å². The van der Waals surface area contributed by atoms with Gasteiger partial charge in [-0.05, 0) is 32.8 Å². The van der Waals surface area contributed by atoms with Gasteiger partial charge in [-0.25, -0.2) is 23.1 Å². The van der Waals surface area contributed by atoms with E-state index in [0.29, 0.717) is 33.6 Å². The fraction of sp³-hybridized carbons (Fsp3) is 0.348. The molecule has 3 heterocycles. The quantitative estimate of drug-likeness (QED) is 0.442. The highest BCUT2D eigenvalue weighted by Crippen LogP contribution is 2.48. The standard InChI is InChI=1S/C23H21F3N4O3/c1-11(13-5-4-6-14-16(24)10-33-18(13)14)27-20-15-9-30(23(7-8-23)22(25)26)21(31)19(32-3)17(15)28-12(2)29-20/h4-6,9-11,22H,7-8H2,1-3H3,(H,27,28,29)/t11-/m1/s1. The van der Waals surface area contributed by atoms with Crippen molar-refractivity contribution in [2.45, 2.75) is 44.7 Å². The highest BCUT2D eigenvalue weighted by Gasteiger charge is 2.54. The highest BCUT2D eigenvalue weighted by atomic mass is 19.3. The number of aryl methyl sites for hydroxylation is 1. The van der Waals surface area contributed by atoms with E-state index in [4.69, 9.17) is 9.15 Å². The first kappa shape index (κ1) is 21.3. The molecular formula is C23H21F3N4O3. The molecule has 1 saturated carbocycles. The van der Waals surface area contributed by atoms with Crippen LogP contribution in [0.25, 0.3) is 21.9 Å². The van der Waals surface area contributed by atoms with Crippen LogP contribution in [0, 0.1) is 12.7 Å². The number of furan rings is 1. The Morgan fingerprint density at radius 1 is 1.24 bits per heavy atom. The predicted molar refractivity (Wildman–Crippen MR) is 117 cm³/mol. The topological polar surface area (TPSA) is 82.2 Å². The van der Waals surface area contributed by atoms with Gasteiger partial charge >= 0.3 is 0 Å². The van der Waals surface area contributed by atoms with Crippen molar-refractivity contribution < 1.29 is 22.3 Å². The number of rotatable bonds is 6. The zero-order valence-corrected chi connectivity index (χ0v) is 18.2. The second-order valence-corrected chi connectivity index (χ2v) is 8.30. The first-order chi connectivity index (χ1) is 15.8. The fourth-order valence-electron chi connectivity index (χ4n) is 4.26. The number of halogens is 3. The van der Waals surface area contributed by atoms with Crippen LogP contribution in [-0.2, 0) is 5.54 Å². The maximum Gasteiger partial charge on any atom is 0.295 e. The molecule has 0 radical (unpaired) electrons. The highest BCUT2D eigenvalue weighted by molar-refractivity contribution is 5.93. The summed E-state index contributed by atoms with van der Waals surface area (Å²) in [7, 11) is 1.31. The Balaban J connectivity index is 1.67. The first-order valence-corrected chi connectivity index (χ1v) is 10.5. The van der Waals surface area contributed by atoms with Gasteiger partial charge in [0.2, 0.25) is 5.75 Å². The van der Waals surface area contributed by atoms with Crippen molar-refractivity contribution in [1.29, 1.82) is 0 Å². The number of para-hydroxylation sites is 1. The first-order valence-electron chi connectivity index (χ1n) is 10.5. The monoisotopic (exact) mass is 458 g/mol. The van der Waals surface area contributed by atoms with E-state index < -0.39 is 29.4 Å². The molecule has 1 N–H and O–H groups in total. The molecule has 0 unspecified atom stereocenters. The molecule has 7 nitrogen and oxygen atoms in total. The number of fused-ring (bicyclic) bond motifs is 2. The second-order valence-electron chi connectivity index (χ2n) is 8.30. The van der Waals surface area contributed by atoms with Gasteiger partial charge in [0.05, 0.1) is 23.9 Å². The van der Waals surface area contributed by atoms with Gasteiger partial charge in [-0.15, -0.1) is 0 Å². The number of nitrogens with one attached hydrogen (secondary N) is 1. The molecule has 1 aliphatic rings. The Morgan fingerprint density at radius 2 is 2.00 bits per heavy atom. The van der Waals surface area contributed by atoms with Crippen LogP contribution < -0.4 is 15.6 Å². The normalized spacial score (nSPS) is 15.8. The molecule has 0 spiro atoms. The van der Waals surface area contributed by atoms with Crippen molar-refractivity contribution in [3.63, 3.8) is 0 Å². The predicted octanol–water partition coefficient (Wildman–Crippen LogP) is 4.92. The van der Waals surface area contributed by atoms with Crippen molar-refractivity contribution >= 4 is 27.7 Å². The van der Waals surface area contributed by atoms with E-state index >= 15 is 0 Å². The number of benzene rings is 1. The summed E-state index contributed by atoms with van der Waals surface area (Å²) in [5.74, 6) is 0.129. The Labute approximate surface area is 186 Å². The molecule has 172 valence electrons. The molecule has 0 aliphatic heterocycles. The summed E-state index contributed by atoms with van der Waals surface area (Å²) >= 11 is 0. The lowest BCUT2D eigenvalue weighted by molar-refractivity contribution is 0.0650. The van der Waals surface area contributed by atoms with Crippen LogP contribution in [0.15, 0.2) is 39.9 Å².